The maximum Gasteiger partial charge on any atom is 0.153 e. The van der Waals surface area contributed by atoms with Gasteiger partial charge in [0.05, 0.1) is 5.39 Å². The van der Waals surface area contributed by atoms with Gasteiger partial charge in [-0.1, -0.05) is 19.1 Å². The van der Waals surface area contributed by atoms with E-state index in [0.717, 1.165) is 13.0 Å². The Morgan fingerprint density at radius 3 is 3.05 bits per heavy atom. The highest BCUT2D eigenvalue weighted by molar-refractivity contribution is 5.87. The first-order valence-electron chi connectivity index (χ1n) is 7.93. The van der Waals surface area contributed by atoms with Crippen molar-refractivity contribution in [3.63, 3.8) is 0 Å². The number of aromatic amines is 1. The number of hydrogen-bond donors (Lipinski definition) is 2. The van der Waals surface area contributed by atoms with E-state index < -0.39 is 0 Å². The lowest BCUT2D eigenvalue weighted by Crippen LogP contribution is -2.29. The minimum Gasteiger partial charge on any atom is -0.369 e. The molecule has 5 heteroatoms. The Bertz CT molecular complexity index is 678. The SMILES string of the molecule is C=C(C)C1CCC(C)C(CNc2ncnc3[nH]cc(F)c23)C1. The standard InChI is InChI=1S/C17H23FN4/c1-10(2)12-5-4-11(3)13(6-12)7-19-16-15-14(18)8-20-17(15)22-9-21-16/h8-9,11-13H,1,4-7H2,2-3H3,(H2,19,20,21,22). The first-order valence-corrected chi connectivity index (χ1v) is 7.93. The Labute approximate surface area is 130 Å². The molecule has 1 aliphatic rings. The minimum absolute atomic E-state index is 0.311. The molecule has 2 aromatic heterocycles. The van der Waals surface area contributed by atoms with Crippen LogP contribution in [0.1, 0.15) is 33.1 Å². The molecule has 3 unspecified atom stereocenters. The Morgan fingerprint density at radius 2 is 2.27 bits per heavy atom. The molecular weight excluding hydrogens is 279 g/mol. The number of anilines is 1. The van der Waals surface area contributed by atoms with Crippen LogP contribution < -0.4 is 5.32 Å². The van der Waals surface area contributed by atoms with Crippen LogP contribution in [-0.4, -0.2) is 21.5 Å². The third kappa shape index (κ3) is 2.85. The van der Waals surface area contributed by atoms with Gasteiger partial charge in [0.2, 0.25) is 0 Å². The van der Waals surface area contributed by atoms with E-state index in [1.807, 2.05) is 0 Å². The molecule has 2 N–H and O–H groups in total. The third-order valence-electron chi connectivity index (χ3n) is 5.01. The van der Waals surface area contributed by atoms with Crippen LogP contribution in [-0.2, 0) is 0 Å². The number of hydrogen-bond acceptors (Lipinski definition) is 3. The zero-order valence-electron chi connectivity index (χ0n) is 13.2. The third-order valence-corrected chi connectivity index (χ3v) is 5.01. The van der Waals surface area contributed by atoms with Crippen LogP contribution in [0.4, 0.5) is 10.2 Å². The monoisotopic (exact) mass is 302 g/mol. The first-order chi connectivity index (χ1) is 10.6. The molecule has 2 heterocycles. The van der Waals surface area contributed by atoms with Gasteiger partial charge in [-0.05, 0) is 43.9 Å². The summed E-state index contributed by atoms with van der Waals surface area (Å²) in [5, 5.41) is 3.78. The molecule has 0 aliphatic heterocycles. The van der Waals surface area contributed by atoms with Gasteiger partial charge >= 0.3 is 0 Å². The van der Waals surface area contributed by atoms with Crippen molar-refractivity contribution in [2.24, 2.45) is 17.8 Å². The van der Waals surface area contributed by atoms with Crippen LogP contribution in [0, 0.1) is 23.6 Å². The van der Waals surface area contributed by atoms with Crippen molar-refractivity contribution in [1.29, 1.82) is 0 Å². The number of nitrogens with zero attached hydrogens (tertiary/aromatic N) is 2. The Kier molecular flexibility index (Phi) is 4.14. The average molecular weight is 302 g/mol. The molecule has 1 saturated carbocycles. The summed E-state index contributed by atoms with van der Waals surface area (Å²) < 4.78 is 13.9. The molecule has 0 bridgehead atoms. The minimum atomic E-state index is -0.311. The molecule has 1 fully saturated rings. The lowest BCUT2D eigenvalue weighted by molar-refractivity contribution is 0.223. The van der Waals surface area contributed by atoms with Crippen molar-refractivity contribution in [2.75, 3.05) is 11.9 Å². The fourth-order valence-corrected chi connectivity index (χ4v) is 3.43. The molecule has 4 nitrogen and oxygen atoms in total. The molecule has 22 heavy (non-hydrogen) atoms. The molecule has 0 saturated heterocycles. The maximum atomic E-state index is 13.9. The van der Waals surface area contributed by atoms with E-state index >= 15 is 0 Å². The summed E-state index contributed by atoms with van der Waals surface area (Å²) in [5.74, 6) is 2.10. The molecule has 0 radical (unpaired) electrons. The van der Waals surface area contributed by atoms with Gasteiger partial charge < -0.3 is 10.3 Å². The largest absolute Gasteiger partial charge is 0.369 e. The van der Waals surface area contributed by atoms with Gasteiger partial charge in [0.25, 0.3) is 0 Å². The predicted octanol–water partition coefficient (Wildman–Crippen LogP) is 4.14. The van der Waals surface area contributed by atoms with E-state index in [1.54, 1.807) is 0 Å². The van der Waals surface area contributed by atoms with Crippen molar-refractivity contribution in [1.82, 2.24) is 15.0 Å². The number of nitrogens with one attached hydrogen (secondary N) is 2. The molecule has 118 valence electrons. The quantitative estimate of drug-likeness (QED) is 0.835. The van der Waals surface area contributed by atoms with Gasteiger partial charge in [0, 0.05) is 12.7 Å². The second-order valence-corrected chi connectivity index (χ2v) is 6.56. The van der Waals surface area contributed by atoms with Crippen molar-refractivity contribution in [2.45, 2.75) is 33.1 Å². The highest BCUT2D eigenvalue weighted by atomic mass is 19.1. The highest BCUT2D eigenvalue weighted by Gasteiger charge is 2.28. The fourth-order valence-electron chi connectivity index (χ4n) is 3.43. The number of allylic oxidation sites excluding steroid dienone is 1. The molecule has 1 aliphatic carbocycles. The molecule has 2 aromatic rings. The number of rotatable bonds is 4. The predicted molar refractivity (Wildman–Crippen MR) is 87.1 cm³/mol. The van der Waals surface area contributed by atoms with Crippen LogP contribution in [0.3, 0.4) is 0 Å². The van der Waals surface area contributed by atoms with Gasteiger partial charge in [-0.25, -0.2) is 14.4 Å². The smallest absolute Gasteiger partial charge is 0.153 e. The van der Waals surface area contributed by atoms with E-state index in [1.165, 1.54) is 30.9 Å². The van der Waals surface area contributed by atoms with Gasteiger partial charge in [-0.15, -0.1) is 0 Å². The normalized spacial score (nSPS) is 25.3. The number of halogens is 1. The van der Waals surface area contributed by atoms with Crippen LogP contribution in [0.2, 0.25) is 0 Å². The van der Waals surface area contributed by atoms with E-state index in [-0.39, 0.29) is 5.82 Å². The summed E-state index contributed by atoms with van der Waals surface area (Å²) >= 11 is 0. The van der Waals surface area contributed by atoms with E-state index in [0.29, 0.717) is 34.6 Å². The summed E-state index contributed by atoms with van der Waals surface area (Å²) in [6.45, 7) is 9.33. The molecule has 0 spiro atoms. The summed E-state index contributed by atoms with van der Waals surface area (Å²) in [4.78, 5) is 11.1. The van der Waals surface area contributed by atoms with Crippen molar-refractivity contribution in [3.8, 4) is 0 Å². The molecular formula is C17H23FN4. The fraction of sp³-hybridized carbons (Fsp3) is 0.529. The van der Waals surface area contributed by atoms with Crippen LogP contribution in [0.5, 0.6) is 0 Å². The van der Waals surface area contributed by atoms with Crippen molar-refractivity contribution in [3.05, 3.63) is 30.5 Å². The zero-order chi connectivity index (χ0) is 15.7. The summed E-state index contributed by atoms with van der Waals surface area (Å²) in [5.41, 5.74) is 1.81. The van der Waals surface area contributed by atoms with E-state index in [4.69, 9.17) is 0 Å². The second kappa shape index (κ2) is 6.07. The van der Waals surface area contributed by atoms with Gasteiger partial charge in [0.1, 0.15) is 17.8 Å². The molecule has 0 aromatic carbocycles. The lowest BCUT2D eigenvalue weighted by Gasteiger charge is -2.35. The zero-order valence-corrected chi connectivity index (χ0v) is 13.2. The topological polar surface area (TPSA) is 53.6 Å². The van der Waals surface area contributed by atoms with Gasteiger partial charge in [0.15, 0.2) is 5.82 Å². The molecule has 3 rings (SSSR count). The maximum absolute atomic E-state index is 13.9. The Balaban J connectivity index is 1.73. The Hall–Kier alpha value is -1.91. The van der Waals surface area contributed by atoms with E-state index in [2.05, 4.69) is 40.7 Å². The second-order valence-electron chi connectivity index (χ2n) is 6.56. The summed E-state index contributed by atoms with van der Waals surface area (Å²) in [7, 11) is 0. The van der Waals surface area contributed by atoms with Gasteiger partial charge in [-0.3, -0.25) is 0 Å². The van der Waals surface area contributed by atoms with Crippen molar-refractivity contribution < 1.29 is 4.39 Å². The summed E-state index contributed by atoms with van der Waals surface area (Å²) in [6, 6.07) is 0. The first kappa shape index (κ1) is 15.0. The van der Waals surface area contributed by atoms with Crippen LogP contribution >= 0.6 is 0 Å². The number of aromatic nitrogens is 3. The summed E-state index contributed by atoms with van der Waals surface area (Å²) in [6.07, 6.45) is 6.39. The van der Waals surface area contributed by atoms with Crippen LogP contribution in [0.15, 0.2) is 24.7 Å². The average Bonchev–Trinajstić information content (AvgIpc) is 2.88. The number of fused-ring (bicyclic) bond motifs is 1. The van der Waals surface area contributed by atoms with Gasteiger partial charge in [-0.2, -0.15) is 0 Å². The van der Waals surface area contributed by atoms with Crippen molar-refractivity contribution >= 4 is 16.9 Å². The Morgan fingerprint density at radius 1 is 1.45 bits per heavy atom. The van der Waals surface area contributed by atoms with E-state index in [9.17, 15) is 4.39 Å². The lowest BCUT2D eigenvalue weighted by atomic mass is 9.73. The van der Waals surface area contributed by atoms with Crippen LogP contribution in [0.25, 0.3) is 11.0 Å². The number of H-pyrrole nitrogens is 1. The highest BCUT2D eigenvalue weighted by Crippen LogP contribution is 2.37. The molecule has 3 atom stereocenters. The molecule has 0 amide bonds.